The van der Waals surface area contributed by atoms with E-state index in [4.69, 9.17) is 0 Å². The van der Waals surface area contributed by atoms with Gasteiger partial charge in [-0.2, -0.15) is 0 Å². The third-order valence-corrected chi connectivity index (χ3v) is 5.87. The lowest BCUT2D eigenvalue weighted by Crippen LogP contribution is -2.27. The Hall–Kier alpha value is -2.19. The fourth-order valence-corrected chi connectivity index (χ4v) is 4.16. The Labute approximate surface area is 164 Å². The molecule has 0 fully saturated rings. The Balaban J connectivity index is 1.87. The van der Waals surface area contributed by atoms with Crippen molar-refractivity contribution in [3.05, 3.63) is 57.4 Å². The van der Waals surface area contributed by atoms with Crippen LogP contribution in [0.25, 0.3) is 10.2 Å². The molecule has 0 bridgehead atoms. The fourth-order valence-electron chi connectivity index (χ4n) is 2.56. The van der Waals surface area contributed by atoms with Gasteiger partial charge in [0.2, 0.25) is 5.91 Å². The van der Waals surface area contributed by atoms with E-state index in [0.29, 0.717) is 27.5 Å². The van der Waals surface area contributed by atoms with Gasteiger partial charge in [0.15, 0.2) is 5.16 Å². The number of benzene rings is 1. The summed E-state index contributed by atoms with van der Waals surface area (Å²) in [5.41, 5.74) is 0.794. The molecule has 0 saturated carbocycles. The molecule has 3 rings (SSSR count). The van der Waals surface area contributed by atoms with Gasteiger partial charge in [-0.1, -0.05) is 43.3 Å². The monoisotopic (exact) mass is 405 g/mol. The van der Waals surface area contributed by atoms with Crippen molar-refractivity contribution in [1.82, 2.24) is 14.9 Å². The molecule has 0 aliphatic heterocycles. The molecule has 0 aliphatic carbocycles. The van der Waals surface area contributed by atoms with Crippen molar-refractivity contribution in [3.63, 3.8) is 0 Å². The van der Waals surface area contributed by atoms with E-state index in [0.717, 1.165) is 12.8 Å². The van der Waals surface area contributed by atoms with Crippen LogP contribution in [-0.4, -0.2) is 27.8 Å². The van der Waals surface area contributed by atoms with Crippen LogP contribution in [0.1, 0.15) is 25.3 Å². The van der Waals surface area contributed by atoms with Crippen LogP contribution in [0.5, 0.6) is 0 Å². The maximum absolute atomic E-state index is 14.1. The summed E-state index contributed by atoms with van der Waals surface area (Å²) in [7, 11) is 0. The van der Waals surface area contributed by atoms with E-state index in [1.54, 1.807) is 29.6 Å². The zero-order chi connectivity index (χ0) is 19.2. The number of hydrogen-bond acceptors (Lipinski definition) is 5. The molecule has 5 nitrogen and oxygen atoms in total. The highest BCUT2D eigenvalue weighted by Crippen LogP contribution is 2.22. The molecule has 2 aromatic heterocycles. The standard InChI is InChI=1S/C19H20FN3O2S2/c1-2-3-9-21-16(24)12-27-19-22-15-8-10-26-17(15)18(25)23(19)11-13-6-4-5-7-14(13)20/h4-8,10H,2-3,9,11-12H2,1H3,(H,21,24). The second-order valence-electron chi connectivity index (χ2n) is 6.00. The highest BCUT2D eigenvalue weighted by atomic mass is 32.2. The molecular formula is C19H20FN3O2S2. The molecule has 1 amide bonds. The predicted molar refractivity (Wildman–Crippen MR) is 108 cm³/mol. The van der Waals surface area contributed by atoms with E-state index in [-0.39, 0.29) is 29.6 Å². The van der Waals surface area contributed by atoms with E-state index in [2.05, 4.69) is 17.2 Å². The van der Waals surface area contributed by atoms with Crippen molar-refractivity contribution < 1.29 is 9.18 Å². The van der Waals surface area contributed by atoms with Crippen molar-refractivity contribution in [1.29, 1.82) is 0 Å². The minimum atomic E-state index is -0.371. The predicted octanol–water partition coefficient (Wildman–Crippen LogP) is 3.65. The molecule has 142 valence electrons. The SMILES string of the molecule is CCCCNC(=O)CSc1nc2ccsc2c(=O)n1Cc1ccccc1F. The van der Waals surface area contributed by atoms with E-state index in [1.165, 1.54) is 33.7 Å². The average molecular weight is 406 g/mol. The number of fused-ring (bicyclic) bond motifs is 1. The molecular weight excluding hydrogens is 385 g/mol. The number of carbonyl (C=O) groups excluding carboxylic acids is 1. The van der Waals surface area contributed by atoms with E-state index in [1.807, 2.05) is 0 Å². The topological polar surface area (TPSA) is 64.0 Å². The van der Waals surface area contributed by atoms with Crippen LogP contribution >= 0.6 is 23.1 Å². The minimum Gasteiger partial charge on any atom is -0.355 e. The number of halogens is 1. The number of aromatic nitrogens is 2. The zero-order valence-electron chi connectivity index (χ0n) is 14.9. The van der Waals surface area contributed by atoms with Crippen LogP contribution < -0.4 is 10.9 Å². The maximum Gasteiger partial charge on any atom is 0.272 e. The van der Waals surface area contributed by atoms with Crippen LogP contribution in [0.3, 0.4) is 0 Å². The number of amides is 1. The van der Waals surface area contributed by atoms with Gasteiger partial charge in [0.1, 0.15) is 10.5 Å². The summed E-state index contributed by atoms with van der Waals surface area (Å²) in [5.74, 6) is -0.321. The molecule has 3 aromatic rings. The molecule has 27 heavy (non-hydrogen) atoms. The summed E-state index contributed by atoms with van der Waals surface area (Å²) >= 11 is 2.50. The molecule has 8 heteroatoms. The van der Waals surface area contributed by atoms with Crippen LogP contribution in [-0.2, 0) is 11.3 Å². The largest absolute Gasteiger partial charge is 0.355 e. The highest BCUT2D eigenvalue weighted by molar-refractivity contribution is 7.99. The van der Waals surface area contributed by atoms with Gasteiger partial charge in [-0.3, -0.25) is 14.2 Å². The van der Waals surface area contributed by atoms with Crippen LogP contribution in [0.4, 0.5) is 4.39 Å². The second kappa shape index (κ2) is 9.14. The van der Waals surface area contributed by atoms with Crippen molar-refractivity contribution in [3.8, 4) is 0 Å². The van der Waals surface area contributed by atoms with Crippen molar-refractivity contribution in [2.24, 2.45) is 0 Å². The molecule has 0 radical (unpaired) electrons. The number of rotatable bonds is 8. The Morgan fingerprint density at radius 1 is 1.33 bits per heavy atom. The van der Waals surface area contributed by atoms with Gasteiger partial charge >= 0.3 is 0 Å². The van der Waals surface area contributed by atoms with Crippen LogP contribution in [0, 0.1) is 5.82 Å². The highest BCUT2D eigenvalue weighted by Gasteiger charge is 2.15. The Kier molecular flexibility index (Phi) is 6.63. The van der Waals surface area contributed by atoms with Gasteiger partial charge in [0.05, 0.1) is 17.8 Å². The Bertz CT molecular complexity index is 1000. The quantitative estimate of drug-likeness (QED) is 0.353. The third-order valence-electron chi connectivity index (χ3n) is 4.00. The first kappa shape index (κ1) is 19.6. The van der Waals surface area contributed by atoms with E-state index < -0.39 is 0 Å². The Morgan fingerprint density at radius 2 is 2.15 bits per heavy atom. The first-order valence-corrected chi connectivity index (χ1v) is 10.6. The molecule has 0 atom stereocenters. The van der Waals surface area contributed by atoms with Crippen LogP contribution in [0.2, 0.25) is 0 Å². The minimum absolute atomic E-state index is 0.0755. The average Bonchev–Trinajstić information content (AvgIpc) is 3.13. The summed E-state index contributed by atoms with van der Waals surface area (Å²) in [6, 6.07) is 8.13. The molecule has 1 aromatic carbocycles. The van der Waals surface area contributed by atoms with Gasteiger partial charge in [-0.05, 0) is 23.9 Å². The lowest BCUT2D eigenvalue weighted by Gasteiger charge is -2.12. The van der Waals surface area contributed by atoms with Gasteiger partial charge in [0.25, 0.3) is 5.56 Å². The summed E-state index contributed by atoms with van der Waals surface area (Å²) in [6.07, 6.45) is 1.93. The first-order chi connectivity index (χ1) is 13.1. The molecule has 0 unspecified atom stereocenters. The molecule has 0 saturated heterocycles. The summed E-state index contributed by atoms with van der Waals surface area (Å²) < 4.78 is 16.1. The van der Waals surface area contributed by atoms with Gasteiger partial charge in [-0.15, -0.1) is 11.3 Å². The van der Waals surface area contributed by atoms with Crippen molar-refractivity contribution in [2.75, 3.05) is 12.3 Å². The van der Waals surface area contributed by atoms with E-state index in [9.17, 15) is 14.0 Å². The third kappa shape index (κ3) is 4.75. The summed E-state index contributed by atoms with van der Waals surface area (Å²) in [4.78, 5) is 29.4. The number of unbranched alkanes of at least 4 members (excludes halogenated alkanes) is 1. The normalized spacial score (nSPS) is 11.0. The fraction of sp³-hybridized carbons (Fsp3) is 0.316. The zero-order valence-corrected chi connectivity index (χ0v) is 16.5. The van der Waals surface area contributed by atoms with Crippen molar-refractivity contribution >= 4 is 39.2 Å². The van der Waals surface area contributed by atoms with E-state index >= 15 is 0 Å². The van der Waals surface area contributed by atoms with Crippen molar-refractivity contribution in [2.45, 2.75) is 31.5 Å². The first-order valence-electron chi connectivity index (χ1n) is 8.71. The second-order valence-corrected chi connectivity index (χ2v) is 7.86. The van der Waals surface area contributed by atoms with Crippen LogP contribution in [0.15, 0.2) is 45.7 Å². The summed E-state index contributed by atoms with van der Waals surface area (Å²) in [6.45, 7) is 2.77. The molecule has 2 heterocycles. The smallest absolute Gasteiger partial charge is 0.272 e. The van der Waals surface area contributed by atoms with Gasteiger partial charge in [-0.25, -0.2) is 9.37 Å². The number of carbonyl (C=O) groups is 1. The van der Waals surface area contributed by atoms with Gasteiger partial charge < -0.3 is 5.32 Å². The molecule has 0 aliphatic rings. The lowest BCUT2D eigenvalue weighted by atomic mass is 10.2. The number of nitrogens with zero attached hydrogens (tertiary/aromatic N) is 2. The number of thiophene rings is 1. The Morgan fingerprint density at radius 3 is 2.93 bits per heavy atom. The summed E-state index contributed by atoms with van der Waals surface area (Å²) in [5, 5.41) is 5.07. The number of nitrogens with one attached hydrogen (secondary N) is 1. The molecule has 1 N–H and O–H groups in total. The number of thioether (sulfide) groups is 1. The van der Waals surface area contributed by atoms with Gasteiger partial charge in [0, 0.05) is 12.1 Å². The number of hydrogen-bond donors (Lipinski definition) is 1. The molecule has 0 spiro atoms. The maximum atomic E-state index is 14.1. The lowest BCUT2D eigenvalue weighted by molar-refractivity contribution is -0.118.